The SMILES string of the molecule is Cc1cccc2cccc(N3CCc4c(nc(OC[C@@H]5CCCN5C)nc4N4C5CCC4C(NC(=O)OC(C)(C)C)C5)C3)c12. The number of likely N-dealkylation sites (N-methyl/N-ethyl adjacent to an activating group) is 1. The van der Waals surface area contributed by atoms with Crippen LogP contribution in [0.5, 0.6) is 6.01 Å². The number of ether oxygens (including phenoxy) is 2. The molecule has 4 atom stereocenters. The highest BCUT2D eigenvalue weighted by Crippen LogP contribution is 2.44. The average molecular weight is 599 g/mol. The summed E-state index contributed by atoms with van der Waals surface area (Å²) in [5.41, 5.74) is 4.28. The Labute approximate surface area is 260 Å². The Hall–Kier alpha value is -3.59. The summed E-state index contributed by atoms with van der Waals surface area (Å²) in [6.07, 6.45) is 5.87. The van der Waals surface area contributed by atoms with Gasteiger partial charge in [0.2, 0.25) is 0 Å². The summed E-state index contributed by atoms with van der Waals surface area (Å²) in [7, 11) is 2.17. The monoisotopic (exact) mass is 598 g/mol. The van der Waals surface area contributed by atoms with E-state index in [1.165, 1.54) is 34.0 Å². The van der Waals surface area contributed by atoms with Crippen molar-refractivity contribution in [1.82, 2.24) is 20.2 Å². The van der Waals surface area contributed by atoms with Gasteiger partial charge in [0.15, 0.2) is 0 Å². The van der Waals surface area contributed by atoms with Crippen LogP contribution >= 0.6 is 0 Å². The van der Waals surface area contributed by atoms with Crippen molar-refractivity contribution in [3.05, 3.63) is 53.2 Å². The van der Waals surface area contributed by atoms with E-state index >= 15 is 0 Å². The second kappa shape index (κ2) is 11.4. The standard InChI is InChI=1S/C35H46N6O3/c1-22-9-6-10-23-11-7-13-30(31(22)23)40-18-16-26-28(20-40)36-33(43-21-25-12-8-17-39(25)5)38-32(26)41-24-14-15-29(41)27(19-24)37-34(42)44-35(2,3)4/h6-7,9-11,13,24-25,27,29H,8,12,14-21H2,1-5H3,(H,37,42)/t24?,25-,27?,29?/m0/s1. The van der Waals surface area contributed by atoms with Crippen LogP contribution in [0.2, 0.25) is 0 Å². The number of nitrogens with one attached hydrogen (secondary N) is 1. The summed E-state index contributed by atoms with van der Waals surface area (Å²) in [6.45, 7) is 11.2. The first-order chi connectivity index (χ1) is 21.1. The summed E-state index contributed by atoms with van der Waals surface area (Å²) >= 11 is 0. The molecule has 0 saturated carbocycles. The molecule has 4 aliphatic rings. The van der Waals surface area contributed by atoms with E-state index in [-0.39, 0.29) is 18.2 Å². The zero-order valence-corrected chi connectivity index (χ0v) is 26.8. The average Bonchev–Trinajstić information content (AvgIpc) is 3.68. The van der Waals surface area contributed by atoms with Gasteiger partial charge in [-0.05, 0) is 96.8 Å². The molecule has 3 saturated heterocycles. The lowest BCUT2D eigenvalue weighted by atomic mass is 9.96. The first-order valence-corrected chi connectivity index (χ1v) is 16.4. The third-order valence-corrected chi connectivity index (χ3v) is 10.0. The molecule has 1 amide bonds. The summed E-state index contributed by atoms with van der Waals surface area (Å²) in [6, 6.07) is 14.5. The lowest BCUT2D eigenvalue weighted by Crippen LogP contribution is -2.46. The fourth-order valence-corrected chi connectivity index (χ4v) is 7.93. The second-order valence-electron chi connectivity index (χ2n) is 14.2. The molecule has 1 aromatic heterocycles. The Morgan fingerprint density at radius 3 is 2.66 bits per heavy atom. The van der Waals surface area contributed by atoms with Crippen molar-refractivity contribution in [3.8, 4) is 6.01 Å². The molecule has 2 bridgehead atoms. The van der Waals surface area contributed by atoms with Crippen LogP contribution in [0, 0.1) is 6.92 Å². The molecule has 7 rings (SSSR count). The highest BCUT2D eigenvalue weighted by atomic mass is 16.6. The summed E-state index contributed by atoms with van der Waals surface area (Å²) in [5, 5.41) is 5.76. The number of rotatable bonds is 6. The van der Waals surface area contributed by atoms with Gasteiger partial charge in [0, 0.05) is 35.3 Å². The zero-order chi connectivity index (χ0) is 30.6. The number of amides is 1. The molecule has 9 heteroatoms. The fraction of sp³-hybridized carbons (Fsp3) is 0.571. The number of fused-ring (bicyclic) bond motifs is 4. The number of hydrogen-bond acceptors (Lipinski definition) is 8. The first-order valence-electron chi connectivity index (χ1n) is 16.4. The number of aryl methyl sites for hydroxylation is 1. The topological polar surface area (TPSA) is 83.1 Å². The molecular formula is C35H46N6O3. The maximum Gasteiger partial charge on any atom is 0.407 e. The smallest absolute Gasteiger partial charge is 0.407 e. The van der Waals surface area contributed by atoms with Gasteiger partial charge in [0.1, 0.15) is 18.0 Å². The minimum absolute atomic E-state index is 0.0319. The van der Waals surface area contributed by atoms with Gasteiger partial charge >= 0.3 is 12.1 Å². The zero-order valence-electron chi connectivity index (χ0n) is 26.8. The largest absolute Gasteiger partial charge is 0.462 e. The van der Waals surface area contributed by atoms with Gasteiger partial charge in [0.25, 0.3) is 0 Å². The first kappa shape index (κ1) is 29.1. The minimum atomic E-state index is -0.527. The van der Waals surface area contributed by atoms with Crippen LogP contribution in [0.3, 0.4) is 0 Å². The maximum absolute atomic E-state index is 12.7. The molecule has 0 radical (unpaired) electrons. The summed E-state index contributed by atoms with van der Waals surface area (Å²) < 4.78 is 12.0. The van der Waals surface area contributed by atoms with Crippen molar-refractivity contribution >= 4 is 28.4 Å². The molecule has 2 aromatic carbocycles. The number of anilines is 2. The molecule has 44 heavy (non-hydrogen) atoms. The highest BCUT2D eigenvalue weighted by Gasteiger charge is 2.49. The quantitative estimate of drug-likeness (QED) is 0.392. The van der Waals surface area contributed by atoms with Crippen molar-refractivity contribution in [3.63, 3.8) is 0 Å². The number of benzene rings is 2. The molecule has 3 unspecified atom stereocenters. The Morgan fingerprint density at radius 1 is 1.07 bits per heavy atom. The minimum Gasteiger partial charge on any atom is -0.462 e. The van der Waals surface area contributed by atoms with Gasteiger partial charge in [-0.1, -0.05) is 30.3 Å². The van der Waals surface area contributed by atoms with E-state index in [2.05, 4.69) is 70.4 Å². The third-order valence-electron chi connectivity index (χ3n) is 10.0. The van der Waals surface area contributed by atoms with Gasteiger partial charge in [-0.3, -0.25) is 0 Å². The molecular weight excluding hydrogens is 552 g/mol. The van der Waals surface area contributed by atoms with Gasteiger partial charge in [-0.2, -0.15) is 9.97 Å². The van der Waals surface area contributed by atoms with Crippen LogP contribution in [-0.2, 0) is 17.7 Å². The van der Waals surface area contributed by atoms with Gasteiger partial charge in [0.05, 0.1) is 24.3 Å². The van der Waals surface area contributed by atoms with Crippen molar-refractivity contribution in [1.29, 1.82) is 0 Å². The molecule has 0 aliphatic carbocycles. The molecule has 5 heterocycles. The number of likely N-dealkylation sites (tertiary alicyclic amines) is 1. The van der Waals surface area contributed by atoms with E-state index in [1.807, 2.05) is 20.8 Å². The van der Waals surface area contributed by atoms with Crippen molar-refractivity contribution < 1.29 is 14.3 Å². The molecule has 1 N–H and O–H groups in total. The highest BCUT2D eigenvalue weighted by molar-refractivity contribution is 5.97. The summed E-state index contributed by atoms with van der Waals surface area (Å²) in [5.74, 6) is 1.000. The Balaban J connectivity index is 1.21. The van der Waals surface area contributed by atoms with E-state index in [1.54, 1.807) is 0 Å². The van der Waals surface area contributed by atoms with E-state index in [0.717, 1.165) is 56.7 Å². The van der Waals surface area contributed by atoms with Crippen molar-refractivity contribution in [2.75, 3.05) is 36.5 Å². The lowest BCUT2D eigenvalue weighted by molar-refractivity contribution is 0.0497. The number of alkyl carbamates (subject to hydrolysis) is 1. The van der Waals surface area contributed by atoms with Crippen LogP contribution in [-0.4, -0.2) is 77.5 Å². The third kappa shape index (κ3) is 5.55. The van der Waals surface area contributed by atoms with E-state index in [9.17, 15) is 4.79 Å². The van der Waals surface area contributed by atoms with Crippen LogP contribution in [0.4, 0.5) is 16.3 Å². The Morgan fingerprint density at radius 2 is 1.89 bits per heavy atom. The van der Waals surface area contributed by atoms with Gasteiger partial charge in [-0.25, -0.2) is 4.79 Å². The summed E-state index contributed by atoms with van der Waals surface area (Å²) in [4.78, 5) is 30.3. The van der Waals surface area contributed by atoms with Gasteiger partial charge in [-0.15, -0.1) is 0 Å². The predicted octanol–water partition coefficient (Wildman–Crippen LogP) is 5.61. The van der Waals surface area contributed by atoms with Gasteiger partial charge < -0.3 is 29.5 Å². The van der Waals surface area contributed by atoms with Crippen molar-refractivity contribution in [2.45, 2.75) is 103 Å². The van der Waals surface area contributed by atoms with Crippen LogP contribution in [0.15, 0.2) is 36.4 Å². The molecule has 3 aromatic rings. The van der Waals surface area contributed by atoms with Crippen LogP contribution < -0.4 is 19.9 Å². The predicted molar refractivity (Wildman–Crippen MR) is 174 cm³/mol. The number of carbonyl (C=O) groups is 1. The molecule has 234 valence electrons. The molecule has 0 spiro atoms. The normalized spacial score (nSPS) is 25.0. The van der Waals surface area contributed by atoms with Crippen LogP contribution in [0.25, 0.3) is 10.8 Å². The van der Waals surface area contributed by atoms with E-state index in [4.69, 9.17) is 19.4 Å². The number of aromatic nitrogens is 2. The maximum atomic E-state index is 12.7. The molecule has 9 nitrogen and oxygen atoms in total. The fourth-order valence-electron chi connectivity index (χ4n) is 7.93. The number of carbonyl (C=O) groups excluding carboxylic acids is 1. The Kier molecular flexibility index (Phi) is 7.55. The van der Waals surface area contributed by atoms with E-state index < -0.39 is 5.60 Å². The Bertz CT molecular complexity index is 1550. The molecule has 4 aliphatic heterocycles. The van der Waals surface area contributed by atoms with E-state index in [0.29, 0.717) is 31.2 Å². The number of nitrogens with zero attached hydrogens (tertiary/aromatic N) is 5. The lowest BCUT2D eigenvalue weighted by Gasteiger charge is -2.35. The van der Waals surface area contributed by atoms with Crippen molar-refractivity contribution in [2.24, 2.45) is 0 Å². The molecule has 3 fully saturated rings. The van der Waals surface area contributed by atoms with Crippen LogP contribution in [0.1, 0.15) is 69.7 Å². The number of hydrogen-bond donors (Lipinski definition) is 1. The second-order valence-corrected chi connectivity index (χ2v) is 14.2.